The Kier molecular flexibility index (Phi) is 8.16. The van der Waals surface area contributed by atoms with E-state index in [0.717, 1.165) is 25.9 Å². The number of nitrogens with zero attached hydrogens (tertiary/aromatic N) is 1. The van der Waals surface area contributed by atoms with E-state index in [1.165, 1.54) is 25.9 Å². The highest BCUT2D eigenvalue weighted by atomic mass is 35.5. The Bertz CT molecular complexity index is 434. The number of amides is 1. The third kappa shape index (κ3) is 5.94. The van der Waals surface area contributed by atoms with Gasteiger partial charge in [-0.15, -0.1) is 12.4 Å². The number of nitrogens with one attached hydrogen (secondary N) is 1. The first-order valence-corrected chi connectivity index (χ1v) is 7.44. The van der Waals surface area contributed by atoms with E-state index in [4.69, 9.17) is 4.74 Å². The predicted octanol–water partition coefficient (Wildman–Crippen LogP) is 2.72. The van der Waals surface area contributed by atoms with E-state index in [0.29, 0.717) is 11.3 Å². The Hall–Kier alpha value is -1.26. The Morgan fingerprint density at radius 2 is 2.05 bits per heavy atom. The standard InChI is InChI=1S/C16H24N2O2.ClH/c1-20-15-8-6-7-14(13-15)16(19)17-9-2-3-10-18-11-4-5-12-18;/h6-8,13H,2-5,9-12H2,1H3,(H,17,19);1H. The maximum Gasteiger partial charge on any atom is 0.251 e. The molecule has 1 N–H and O–H groups in total. The topological polar surface area (TPSA) is 41.6 Å². The molecule has 1 aromatic carbocycles. The smallest absolute Gasteiger partial charge is 0.251 e. The number of carbonyl (C=O) groups is 1. The molecular formula is C16H25ClN2O2. The summed E-state index contributed by atoms with van der Waals surface area (Å²) in [6, 6.07) is 7.25. The van der Waals surface area contributed by atoms with Crippen LogP contribution in [0.4, 0.5) is 0 Å². The number of hydrogen-bond donors (Lipinski definition) is 1. The van der Waals surface area contributed by atoms with Crippen LogP contribution in [0.5, 0.6) is 5.75 Å². The lowest BCUT2D eigenvalue weighted by atomic mass is 10.2. The van der Waals surface area contributed by atoms with E-state index in [-0.39, 0.29) is 18.3 Å². The summed E-state index contributed by atoms with van der Waals surface area (Å²) in [7, 11) is 1.61. The largest absolute Gasteiger partial charge is 0.497 e. The van der Waals surface area contributed by atoms with Gasteiger partial charge in [-0.3, -0.25) is 4.79 Å². The van der Waals surface area contributed by atoms with Crippen LogP contribution >= 0.6 is 12.4 Å². The Balaban J connectivity index is 0.00000220. The molecule has 2 rings (SSSR count). The zero-order valence-corrected chi connectivity index (χ0v) is 13.5. The molecule has 1 saturated heterocycles. The van der Waals surface area contributed by atoms with Crippen molar-refractivity contribution in [3.05, 3.63) is 29.8 Å². The summed E-state index contributed by atoms with van der Waals surface area (Å²) in [4.78, 5) is 14.5. The minimum atomic E-state index is -0.0231. The first kappa shape index (κ1) is 17.8. The van der Waals surface area contributed by atoms with E-state index in [9.17, 15) is 4.79 Å². The van der Waals surface area contributed by atoms with E-state index < -0.39 is 0 Å². The first-order valence-electron chi connectivity index (χ1n) is 7.44. The third-order valence-electron chi connectivity index (χ3n) is 3.72. The molecule has 1 aromatic rings. The minimum Gasteiger partial charge on any atom is -0.497 e. The van der Waals surface area contributed by atoms with Crippen molar-refractivity contribution < 1.29 is 9.53 Å². The van der Waals surface area contributed by atoms with Crippen LogP contribution in [0.2, 0.25) is 0 Å². The monoisotopic (exact) mass is 312 g/mol. The molecule has 0 radical (unpaired) electrons. The van der Waals surface area contributed by atoms with Gasteiger partial charge in [0.25, 0.3) is 5.91 Å². The second-order valence-electron chi connectivity index (χ2n) is 5.24. The summed E-state index contributed by atoms with van der Waals surface area (Å²) in [5.41, 5.74) is 0.656. The van der Waals surface area contributed by atoms with Gasteiger partial charge in [0.2, 0.25) is 0 Å². The Morgan fingerprint density at radius 3 is 2.76 bits per heavy atom. The molecule has 1 fully saturated rings. The number of likely N-dealkylation sites (tertiary alicyclic amines) is 1. The molecule has 5 heteroatoms. The molecule has 1 aliphatic heterocycles. The average Bonchev–Trinajstić information content (AvgIpc) is 3.00. The second-order valence-corrected chi connectivity index (χ2v) is 5.24. The van der Waals surface area contributed by atoms with Crippen LogP contribution in [0.25, 0.3) is 0 Å². The van der Waals surface area contributed by atoms with Crippen LogP contribution in [-0.2, 0) is 0 Å². The number of halogens is 1. The molecule has 0 bridgehead atoms. The van der Waals surface area contributed by atoms with Gasteiger partial charge in [0.1, 0.15) is 5.75 Å². The van der Waals surface area contributed by atoms with E-state index in [1.54, 1.807) is 13.2 Å². The Morgan fingerprint density at radius 1 is 1.29 bits per heavy atom. The molecular weight excluding hydrogens is 288 g/mol. The minimum absolute atomic E-state index is 0. The molecule has 1 amide bonds. The molecule has 0 unspecified atom stereocenters. The number of carbonyl (C=O) groups excluding carboxylic acids is 1. The van der Waals surface area contributed by atoms with Crippen molar-refractivity contribution in [2.45, 2.75) is 25.7 Å². The van der Waals surface area contributed by atoms with E-state index in [2.05, 4.69) is 10.2 Å². The quantitative estimate of drug-likeness (QED) is 0.787. The lowest BCUT2D eigenvalue weighted by molar-refractivity contribution is 0.0952. The highest BCUT2D eigenvalue weighted by molar-refractivity contribution is 5.94. The summed E-state index contributed by atoms with van der Waals surface area (Å²) in [6.45, 7) is 4.39. The first-order chi connectivity index (χ1) is 9.79. The number of methoxy groups -OCH3 is 1. The summed E-state index contributed by atoms with van der Waals surface area (Å²) in [6.07, 6.45) is 4.86. The van der Waals surface area contributed by atoms with Crippen molar-refractivity contribution in [2.24, 2.45) is 0 Å². The van der Waals surface area contributed by atoms with Crippen LogP contribution < -0.4 is 10.1 Å². The van der Waals surface area contributed by atoms with Gasteiger partial charge in [0, 0.05) is 12.1 Å². The molecule has 0 atom stereocenters. The number of ether oxygens (including phenoxy) is 1. The van der Waals surface area contributed by atoms with Crippen molar-refractivity contribution >= 4 is 18.3 Å². The summed E-state index contributed by atoms with van der Waals surface area (Å²) < 4.78 is 5.12. The van der Waals surface area contributed by atoms with Crippen molar-refractivity contribution in [2.75, 3.05) is 33.3 Å². The molecule has 0 spiro atoms. The fourth-order valence-corrected chi connectivity index (χ4v) is 2.53. The number of hydrogen-bond acceptors (Lipinski definition) is 3. The summed E-state index contributed by atoms with van der Waals surface area (Å²) >= 11 is 0. The lowest BCUT2D eigenvalue weighted by Crippen LogP contribution is -2.26. The van der Waals surface area contributed by atoms with Crippen LogP contribution in [0, 0.1) is 0 Å². The van der Waals surface area contributed by atoms with Gasteiger partial charge >= 0.3 is 0 Å². The van der Waals surface area contributed by atoms with Gasteiger partial charge in [0.15, 0.2) is 0 Å². The highest BCUT2D eigenvalue weighted by Gasteiger charge is 2.10. The third-order valence-corrected chi connectivity index (χ3v) is 3.72. The van der Waals surface area contributed by atoms with Crippen LogP contribution in [0.1, 0.15) is 36.0 Å². The van der Waals surface area contributed by atoms with Crippen LogP contribution in [0.15, 0.2) is 24.3 Å². The number of unbranched alkanes of at least 4 members (excludes halogenated alkanes) is 1. The maximum atomic E-state index is 12.0. The number of rotatable bonds is 7. The zero-order chi connectivity index (χ0) is 14.2. The predicted molar refractivity (Wildman–Crippen MR) is 87.5 cm³/mol. The molecule has 1 heterocycles. The highest BCUT2D eigenvalue weighted by Crippen LogP contribution is 2.12. The molecule has 0 saturated carbocycles. The number of benzene rings is 1. The molecule has 0 aromatic heterocycles. The van der Waals surface area contributed by atoms with Gasteiger partial charge < -0.3 is 15.0 Å². The van der Waals surface area contributed by atoms with Crippen LogP contribution in [-0.4, -0.2) is 44.1 Å². The van der Waals surface area contributed by atoms with Gasteiger partial charge in [0.05, 0.1) is 7.11 Å². The van der Waals surface area contributed by atoms with Gasteiger partial charge in [-0.25, -0.2) is 0 Å². The zero-order valence-electron chi connectivity index (χ0n) is 12.6. The van der Waals surface area contributed by atoms with E-state index in [1.807, 2.05) is 18.2 Å². The maximum absolute atomic E-state index is 12.0. The van der Waals surface area contributed by atoms with E-state index >= 15 is 0 Å². The molecule has 1 aliphatic rings. The lowest BCUT2D eigenvalue weighted by Gasteiger charge is -2.14. The van der Waals surface area contributed by atoms with Crippen molar-refractivity contribution in [1.29, 1.82) is 0 Å². The molecule has 4 nitrogen and oxygen atoms in total. The fourth-order valence-electron chi connectivity index (χ4n) is 2.53. The molecule has 0 aliphatic carbocycles. The average molecular weight is 313 g/mol. The van der Waals surface area contributed by atoms with Crippen molar-refractivity contribution in [3.63, 3.8) is 0 Å². The normalized spacial score (nSPS) is 14.5. The molecule has 21 heavy (non-hydrogen) atoms. The van der Waals surface area contributed by atoms with Crippen molar-refractivity contribution in [3.8, 4) is 5.75 Å². The fraction of sp³-hybridized carbons (Fsp3) is 0.562. The van der Waals surface area contributed by atoms with Gasteiger partial charge in [-0.2, -0.15) is 0 Å². The summed E-state index contributed by atoms with van der Waals surface area (Å²) in [5, 5.41) is 2.96. The van der Waals surface area contributed by atoms with Gasteiger partial charge in [-0.05, 0) is 63.5 Å². The van der Waals surface area contributed by atoms with Crippen molar-refractivity contribution in [1.82, 2.24) is 10.2 Å². The molecule has 118 valence electrons. The van der Waals surface area contributed by atoms with Crippen LogP contribution in [0.3, 0.4) is 0 Å². The van der Waals surface area contributed by atoms with Gasteiger partial charge in [-0.1, -0.05) is 6.07 Å². The second kappa shape index (κ2) is 9.64. The summed E-state index contributed by atoms with van der Waals surface area (Å²) in [5.74, 6) is 0.691. The SMILES string of the molecule is COc1cccc(C(=O)NCCCCN2CCCC2)c1.Cl. The Labute approximate surface area is 133 Å².